The summed E-state index contributed by atoms with van der Waals surface area (Å²) in [7, 11) is 1.81. The number of allylic oxidation sites excluding steroid dienone is 1. The number of hydrogen-bond donors (Lipinski definition) is 1. The molecule has 9 nitrogen and oxygen atoms in total. The molecule has 1 atom stereocenters. The molecule has 2 amide bonds. The van der Waals surface area contributed by atoms with Crippen LogP contribution in [-0.4, -0.2) is 58.3 Å². The van der Waals surface area contributed by atoms with Crippen molar-refractivity contribution < 1.29 is 14.0 Å². The molecule has 0 bridgehead atoms. The largest absolute Gasteiger partial charge is 0.444 e. The summed E-state index contributed by atoms with van der Waals surface area (Å²) in [5.74, 6) is 2.02. The number of likely N-dealkylation sites (N-methyl/N-ethyl adjacent to an activating group) is 1. The first kappa shape index (κ1) is 40.3. The number of anilines is 1. The van der Waals surface area contributed by atoms with E-state index >= 15 is 0 Å². The van der Waals surface area contributed by atoms with Crippen LogP contribution in [0.2, 0.25) is 0 Å². The summed E-state index contributed by atoms with van der Waals surface area (Å²) < 4.78 is 6.91. The maximum atomic E-state index is 13.3. The number of carbonyl (C=O) groups is 2. The van der Waals surface area contributed by atoms with E-state index < -0.39 is 0 Å². The Bertz CT molecular complexity index is 1660. The van der Waals surface area contributed by atoms with E-state index in [1.807, 2.05) is 27.0 Å². The first-order chi connectivity index (χ1) is 24.2. The minimum Gasteiger partial charge on any atom is -0.444 e. The van der Waals surface area contributed by atoms with Gasteiger partial charge in [0.05, 0.1) is 28.4 Å². The lowest BCUT2D eigenvalue weighted by atomic mass is 9.87. The summed E-state index contributed by atoms with van der Waals surface area (Å²) in [5.41, 5.74) is 2.30. The third kappa shape index (κ3) is 11.8. The Morgan fingerprint density at radius 1 is 1.14 bits per heavy atom. The molecule has 1 aliphatic heterocycles. The molecule has 1 aromatic carbocycles. The van der Waals surface area contributed by atoms with E-state index in [4.69, 9.17) is 4.42 Å². The molecule has 11 heteroatoms. The summed E-state index contributed by atoms with van der Waals surface area (Å²) in [5, 5.41) is 13.4. The normalized spacial score (nSPS) is 15.4. The topological polar surface area (TPSA) is 115 Å². The lowest BCUT2D eigenvalue weighted by Gasteiger charge is -2.31. The van der Waals surface area contributed by atoms with Crippen LogP contribution in [0, 0.1) is 22.7 Å². The van der Waals surface area contributed by atoms with E-state index in [1.54, 1.807) is 29.1 Å². The van der Waals surface area contributed by atoms with E-state index in [9.17, 15) is 14.9 Å². The summed E-state index contributed by atoms with van der Waals surface area (Å²) in [6.07, 6.45) is 11.7. The molecule has 1 aliphatic rings. The number of thioether (sulfide) groups is 1. The number of nitriles is 1. The Morgan fingerprint density at radius 2 is 1.84 bits per heavy atom. The number of nitrogens with one attached hydrogen (secondary N) is 1. The smallest absolute Gasteiger partial charge is 0.264 e. The summed E-state index contributed by atoms with van der Waals surface area (Å²) in [4.78, 5) is 39.4. The van der Waals surface area contributed by atoms with E-state index in [0.717, 1.165) is 80.1 Å². The molecular formula is C40H56N6O3S2. The fourth-order valence-corrected chi connectivity index (χ4v) is 7.83. The zero-order chi connectivity index (χ0) is 37.2. The van der Waals surface area contributed by atoms with Crippen molar-refractivity contribution in [3.8, 4) is 6.07 Å². The molecule has 0 saturated carbocycles. The Kier molecular flexibility index (Phi) is 14.5. The van der Waals surface area contributed by atoms with E-state index in [-0.39, 0.29) is 40.2 Å². The third-order valence-corrected chi connectivity index (χ3v) is 11.8. The van der Waals surface area contributed by atoms with Crippen LogP contribution in [0.25, 0.3) is 0 Å². The number of likely N-dealkylation sites (tertiary alicyclic amines) is 1. The SMILES string of the molecule is CCCC(c1ccc(CCCN2CCC(C(=O)Nc3ncc(SCc4ncc(C(C)(C)C)o4)s3)CC2)cc1)N(C)C(=O)/C(C#N)=C/C(C)(C)CC. The van der Waals surface area contributed by atoms with E-state index in [0.29, 0.717) is 16.8 Å². The molecule has 51 heavy (non-hydrogen) atoms. The fraction of sp³-hybridized carbons (Fsp3) is 0.575. The van der Waals surface area contributed by atoms with Crippen LogP contribution in [0.1, 0.15) is 116 Å². The van der Waals surface area contributed by atoms with Gasteiger partial charge in [-0.3, -0.25) is 9.59 Å². The number of thiazole rings is 1. The van der Waals surface area contributed by atoms with Crippen molar-refractivity contribution >= 4 is 40.0 Å². The number of aryl methyl sites for hydroxylation is 1. The molecule has 1 saturated heterocycles. The number of carbonyl (C=O) groups excluding carboxylic acids is 2. The fourth-order valence-electron chi connectivity index (χ4n) is 6.10. The first-order valence-electron chi connectivity index (χ1n) is 18.3. The second-order valence-electron chi connectivity index (χ2n) is 15.3. The Hall–Kier alpha value is -3.46. The number of benzene rings is 1. The van der Waals surface area contributed by atoms with Crippen LogP contribution in [0.3, 0.4) is 0 Å². The first-order valence-corrected chi connectivity index (χ1v) is 20.1. The Balaban J connectivity index is 1.19. The third-order valence-electron chi connectivity index (χ3n) is 9.76. The summed E-state index contributed by atoms with van der Waals surface area (Å²) >= 11 is 3.10. The van der Waals surface area contributed by atoms with E-state index in [1.165, 1.54) is 16.9 Å². The molecule has 0 radical (unpaired) electrons. The van der Waals surface area contributed by atoms with Crippen LogP contribution in [-0.2, 0) is 27.2 Å². The van der Waals surface area contributed by atoms with Crippen molar-refractivity contribution in [1.29, 1.82) is 5.26 Å². The maximum absolute atomic E-state index is 13.3. The lowest BCUT2D eigenvalue weighted by Crippen LogP contribution is -2.38. The highest BCUT2D eigenvalue weighted by Gasteiger charge is 2.27. The predicted molar refractivity (Wildman–Crippen MR) is 208 cm³/mol. The van der Waals surface area contributed by atoms with Gasteiger partial charge in [0.1, 0.15) is 17.4 Å². The maximum Gasteiger partial charge on any atom is 0.264 e. The molecule has 4 rings (SSSR count). The standard InChI is InChI=1S/C40H56N6O3S2/c1-9-12-32(45(8)37(48)31(24-41)23-40(6,7)10-2)29-16-14-28(15-17-29)13-11-20-46-21-18-30(19-22-46)36(47)44-38-43-26-35(51-38)50-27-34-42-25-33(49-34)39(3,4)5/h14-17,23,25-26,30,32H,9-13,18-22,27H2,1-8H3,(H,43,44,47)/b31-23+. The predicted octanol–water partition coefficient (Wildman–Crippen LogP) is 9.19. The average molecular weight is 733 g/mol. The minimum absolute atomic E-state index is 0.00382. The van der Waals surface area contributed by atoms with Crippen molar-refractivity contribution in [2.45, 2.75) is 115 Å². The average Bonchev–Trinajstić information content (AvgIpc) is 3.79. The van der Waals surface area contributed by atoms with Crippen LogP contribution in [0.15, 0.2) is 56.9 Å². The van der Waals surface area contributed by atoms with Gasteiger partial charge in [-0.05, 0) is 74.7 Å². The van der Waals surface area contributed by atoms with Gasteiger partial charge in [-0.15, -0.1) is 11.8 Å². The molecule has 3 heterocycles. The number of amides is 2. The second kappa shape index (κ2) is 18.3. The molecule has 1 unspecified atom stereocenters. The monoisotopic (exact) mass is 732 g/mol. The van der Waals surface area contributed by atoms with Crippen molar-refractivity contribution in [1.82, 2.24) is 19.8 Å². The van der Waals surface area contributed by atoms with Gasteiger partial charge in [0, 0.05) is 18.4 Å². The van der Waals surface area contributed by atoms with Crippen LogP contribution in [0.5, 0.6) is 0 Å². The minimum atomic E-state index is -0.219. The molecule has 276 valence electrons. The molecule has 0 aliphatic carbocycles. The molecular weight excluding hydrogens is 677 g/mol. The summed E-state index contributed by atoms with van der Waals surface area (Å²) in [6.45, 7) is 17.4. The zero-order valence-corrected chi connectivity index (χ0v) is 33.4. The highest BCUT2D eigenvalue weighted by Crippen LogP contribution is 2.33. The van der Waals surface area contributed by atoms with Crippen LogP contribution in [0.4, 0.5) is 5.13 Å². The van der Waals surface area contributed by atoms with Gasteiger partial charge in [0.25, 0.3) is 5.91 Å². The van der Waals surface area contributed by atoms with Gasteiger partial charge in [0.2, 0.25) is 11.8 Å². The molecule has 1 N–H and O–H groups in total. The molecule has 2 aromatic heterocycles. The molecule has 1 fully saturated rings. The number of aromatic nitrogens is 2. The van der Waals surface area contributed by atoms with Gasteiger partial charge in [-0.2, -0.15) is 5.26 Å². The molecule has 0 spiro atoms. The number of rotatable bonds is 16. The number of oxazole rings is 1. The van der Waals surface area contributed by atoms with Crippen LogP contribution >= 0.6 is 23.1 Å². The molecule has 3 aromatic rings. The number of hydrogen-bond acceptors (Lipinski definition) is 9. The van der Waals surface area contributed by atoms with Crippen molar-refractivity contribution in [3.63, 3.8) is 0 Å². The zero-order valence-electron chi connectivity index (χ0n) is 31.8. The van der Waals surface area contributed by atoms with Gasteiger partial charge in [0.15, 0.2) is 5.13 Å². The lowest BCUT2D eigenvalue weighted by molar-refractivity contribution is -0.127. The Labute approximate surface area is 313 Å². The Morgan fingerprint density at radius 3 is 2.45 bits per heavy atom. The van der Waals surface area contributed by atoms with Gasteiger partial charge < -0.3 is 19.5 Å². The second-order valence-corrected chi connectivity index (χ2v) is 17.6. The summed E-state index contributed by atoms with van der Waals surface area (Å²) in [6, 6.07) is 10.7. The quantitative estimate of drug-likeness (QED) is 0.0881. The van der Waals surface area contributed by atoms with Gasteiger partial charge in [-0.25, -0.2) is 9.97 Å². The number of nitrogens with zero attached hydrogens (tertiary/aromatic N) is 5. The highest BCUT2D eigenvalue weighted by molar-refractivity contribution is 8.00. The van der Waals surface area contributed by atoms with Gasteiger partial charge >= 0.3 is 0 Å². The van der Waals surface area contributed by atoms with Crippen molar-refractivity contribution in [2.24, 2.45) is 11.3 Å². The van der Waals surface area contributed by atoms with Crippen LogP contribution < -0.4 is 5.32 Å². The highest BCUT2D eigenvalue weighted by atomic mass is 32.2. The number of piperidine rings is 1. The van der Waals surface area contributed by atoms with Gasteiger partial charge in [-0.1, -0.05) is 96.6 Å². The van der Waals surface area contributed by atoms with Crippen molar-refractivity contribution in [2.75, 3.05) is 32.0 Å². The van der Waals surface area contributed by atoms with E-state index in [2.05, 4.69) is 85.1 Å². The van der Waals surface area contributed by atoms with Crippen molar-refractivity contribution in [3.05, 3.63) is 71.1 Å².